The summed E-state index contributed by atoms with van der Waals surface area (Å²) in [6, 6.07) is 9.74. The molecule has 0 fully saturated rings. The van der Waals surface area contributed by atoms with Crippen LogP contribution in [0.5, 0.6) is 17.2 Å². The van der Waals surface area contributed by atoms with Gasteiger partial charge in [-0.05, 0) is 35.4 Å². The maximum Gasteiger partial charge on any atom is 0.168 e. The Morgan fingerprint density at radius 3 is 2.28 bits per heavy atom. The molecule has 4 heteroatoms. The van der Waals surface area contributed by atoms with Crippen molar-refractivity contribution in [2.45, 2.75) is 0 Å². The first-order valence-electron chi connectivity index (χ1n) is 5.31. The van der Waals surface area contributed by atoms with Crippen LogP contribution in [0.15, 0.2) is 36.4 Å². The summed E-state index contributed by atoms with van der Waals surface area (Å²) in [7, 11) is 1.42. The Labute approximate surface area is 104 Å². The number of carbonyl (C=O) groups excluding carboxylic acids is 1. The van der Waals surface area contributed by atoms with Crippen molar-refractivity contribution in [1.29, 1.82) is 0 Å². The average molecular weight is 244 g/mol. The van der Waals surface area contributed by atoms with Crippen molar-refractivity contribution in [2.24, 2.45) is 0 Å². The molecule has 0 unspecified atom stereocenters. The van der Waals surface area contributed by atoms with E-state index in [0.717, 1.165) is 11.1 Å². The van der Waals surface area contributed by atoms with Gasteiger partial charge in [0, 0.05) is 0 Å². The fraction of sp³-hybridized carbons (Fsp3) is 0.0714. The van der Waals surface area contributed by atoms with Crippen LogP contribution < -0.4 is 4.74 Å². The van der Waals surface area contributed by atoms with Crippen molar-refractivity contribution in [3.63, 3.8) is 0 Å². The van der Waals surface area contributed by atoms with Crippen molar-refractivity contribution in [3.8, 4) is 28.4 Å². The SMILES string of the molecule is COc1cc(-c2ccc(O)cc2)cc(C=O)c1O. The van der Waals surface area contributed by atoms with Gasteiger partial charge in [0.25, 0.3) is 0 Å². The first-order valence-corrected chi connectivity index (χ1v) is 5.31. The molecule has 0 heterocycles. The van der Waals surface area contributed by atoms with Crippen molar-refractivity contribution in [3.05, 3.63) is 42.0 Å². The molecule has 2 aromatic carbocycles. The Morgan fingerprint density at radius 2 is 1.72 bits per heavy atom. The van der Waals surface area contributed by atoms with Crippen LogP contribution >= 0.6 is 0 Å². The number of rotatable bonds is 3. The maximum atomic E-state index is 10.9. The summed E-state index contributed by atoms with van der Waals surface area (Å²) in [6.45, 7) is 0. The molecular weight excluding hydrogens is 232 g/mol. The second-order valence-electron chi connectivity index (χ2n) is 3.78. The van der Waals surface area contributed by atoms with E-state index >= 15 is 0 Å². The third kappa shape index (κ3) is 2.13. The third-order valence-corrected chi connectivity index (χ3v) is 2.65. The highest BCUT2D eigenvalue weighted by Gasteiger charge is 2.11. The molecule has 0 saturated heterocycles. The fourth-order valence-corrected chi connectivity index (χ4v) is 1.70. The second kappa shape index (κ2) is 4.79. The van der Waals surface area contributed by atoms with Crippen molar-refractivity contribution >= 4 is 6.29 Å². The zero-order chi connectivity index (χ0) is 13.1. The lowest BCUT2D eigenvalue weighted by atomic mass is 10.0. The zero-order valence-electron chi connectivity index (χ0n) is 9.75. The second-order valence-corrected chi connectivity index (χ2v) is 3.78. The van der Waals surface area contributed by atoms with E-state index in [9.17, 15) is 15.0 Å². The molecule has 0 atom stereocenters. The van der Waals surface area contributed by atoms with Crippen LogP contribution in [0.1, 0.15) is 10.4 Å². The highest BCUT2D eigenvalue weighted by atomic mass is 16.5. The number of carbonyl (C=O) groups is 1. The minimum atomic E-state index is -0.171. The molecule has 0 bridgehead atoms. The van der Waals surface area contributed by atoms with Gasteiger partial charge in [-0.25, -0.2) is 0 Å². The van der Waals surface area contributed by atoms with Crippen molar-refractivity contribution in [1.82, 2.24) is 0 Å². The summed E-state index contributed by atoms with van der Waals surface area (Å²) in [5.74, 6) is 0.234. The minimum absolute atomic E-state index is 0.164. The predicted octanol–water partition coefficient (Wildman–Crippen LogP) is 2.59. The van der Waals surface area contributed by atoms with Crippen LogP contribution in [0.3, 0.4) is 0 Å². The Bertz CT molecular complexity index is 573. The summed E-state index contributed by atoms with van der Waals surface area (Å²) in [6.07, 6.45) is 0.571. The van der Waals surface area contributed by atoms with Gasteiger partial charge in [-0.15, -0.1) is 0 Å². The van der Waals surface area contributed by atoms with Gasteiger partial charge < -0.3 is 14.9 Å². The number of phenols is 2. The first-order chi connectivity index (χ1) is 8.65. The Hall–Kier alpha value is -2.49. The molecule has 0 radical (unpaired) electrons. The van der Waals surface area contributed by atoms with Gasteiger partial charge >= 0.3 is 0 Å². The standard InChI is InChI=1S/C14H12O4/c1-18-13-7-10(6-11(8-15)14(13)17)9-2-4-12(16)5-3-9/h2-8,16-17H,1H3. The van der Waals surface area contributed by atoms with Gasteiger partial charge in [0.1, 0.15) is 5.75 Å². The van der Waals surface area contributed by atoms with Crippen LogP contribution in [0.25, 0.3) is 11.1 Å². The summed E-state index contributed by atoms with van der Waals surface area (Å²) in [5.41, 5.74) is 1.71. The topological polar surface area (TPSA) is 66.8 Å². The monoisotopic (exact) mass is 244 g/mol. The third-order valence-electron chi connectivity index (χ3n) is 2.65. The summed E-state index contributed by atoms with van der Waals surface area (Å²) in [4.78, 5) is 10.9. The van der Waals surface area contributed by atoms with Crippen LogP contribution in [-0.4, -0.2) is 23.6 Å². The van der Waals surface area contributed by atoms with Gasteiger partial charge in [-0.3, -0.25) is 4.79 Å². The van der Waals surface area contributed by atoms with Crippen molar-refractivity contribution in [2.75, 3.05) is 7.11 Å². The lowest BCUT2D eigenvalue weighted by Gasteiger charge is -2.09. The highest BCUT2D eigenvalue weighted by molar-refractivity contribution is 5.85. The number of hydrogen-bond donors (Lipinski definition) is 2. The molecule has 92 valence electrons. The average Bonchev–Trinajstić information content (AvgIpc) is 2.40. The van der Waals surface area contributed by atoms with Gasteiger partial charge in [-0.2, -0.15) is 0 Å². The molecule has 2 aromatic rings. The van der Waals surface area contributed by atoms with E-state index in [0.29, 0.717) is 6.29 Å². The Kier molecular flexibility index (Phi) is 3.19. The summed E-state index contributed by atoms with van der Waals surface area (Å²) in [5, 5.41) is 18.9. The molecular formula is C14H12O4. The van der Waals surface area contributed by atoms with E-state index in [2.05, 4.69) is 0 Å². The maximum absolute atomic E-state index is 10.9. The molecule has 0 aromatic heterocycles. The molecule has 0 saturated carbocycles. The molecule has 18 heavy (non-hydrogen) atoms. The van der Waals surface area contributed by atoms with Gasteiger partial charge in [0.2, 0.25) is 0 Å². The van der Waals surface area contributed by atoms with Crippen LogP contribution in [0.4, 0.5) is 0 Å². The fourth-order valence-electron chi connectivity index (χ4n) is 1.70. The molecule has 4 nitrogen and oxygen atoms in total. The first kappa shape index (κ1) is 12.0. The van der Waals surface area contributed by atoms with E-state index in [4.69, 9.17) is 4.74 Å². The Morgan fingerprint density at radius 1 is 1.06 bits per heavy atom. The van der Waals surface area contributed by atoms with E-state index in [1.165, 1.54) is 7.11 Å². The predicted molar refractivity (Wildman–Crippen MR) is 67.1 cm³/mol. The number of methoxy groups -OCH3 is 1. The number of aldehydes is 1. The van der Waals surface area contributed by atoms with Gasteiger partial charge in [0.05, 0.1) is 12.7 Å². The normalized spacial score (nSPS) is 10.1. The largest absolute Gasteiger partial charge is 0.508 e. The highest BCUT2D eigenvalue weighted by Crippen LogP contribution is 2.34. The number of hydrogen-bond acceptors (Lipinski definition) is 4. The van der Waals surface area contributed by atoms with Crippen LogP contribution in [-0.2, 0) is 0 Å². The number of benzene rings is 2. The number of phenolic OH excluding ortho intramolecular Hbond substituents is 2. The lowest BCUT2D eigenvalue weighted by molar-refractivity contribution is 0.112. The van der Waals surface area contributed by atoms with Gasteiger partial charge in [0.15, 0.2) is 17.8 Å². The lowest BCUT2D eigenvalue weighted by Crippen LogP contribution is -1.90. The van der Waals surface area contributed by atoms with Crippen molar-refractivity contribution < 1.29 is 19.7 Å². The van der Waals surface area contributed by atoms with E-state index < -0.39 is 0 Å². The van der Waals surface area contributed by atoms with Gasteiger partial charge in [-0.1, -0.05) is 12.1 Å². The van der Waals surface area contributed by atoms with E-state index in [1.54, 1.807) is 36.4 Å². The quantitative estimate of drug-likeness (QED) is 0.814. The number of ether oxygens (including phenoxy) is 1. The number of aromatic hydroxyl groups is 2. The van der Waals surface area contributed by atoms with Crippen LogP contribution in [0, 0.1) is 0 Å². The Balaban J connectivity index is 2.57. The molecule has 2 rings (SSSR count). The molecule has 0 aliphatic heterocycles. The van der Waals surface area contributed by atoms with Crippen LogP contribution in [0.2, 0.25) is 0 Å². The molecule has 2 N–H and O–H groups in total. The molecule has 0 spiro atoms. The minimum Gasteiger partial charge on any atom is -0.508 e. The zero-order valence-corrected chi connectivity index (χ0v) is 9.75. The van der Waals surface area contributed by atoms with E-state index in [1.807, 2.05) is 0 Å². The summed E-state index contributed by atoms with van der Waals surface area (Å²) >= 11 is 0. The smallest absolute Gasteiger partial charge is 0.168 e. The molecule has 0 aliphatic rings. The molecule has 0 aliphatic carbocycles. The molecule has 0 amide bonds. The van der Waals surface area contributed by atoms with E-state index in [-0.39, 0.29) is 22.8 Å². The summed E-state index contributed by atoms with van der Waals surface area (Å²) < 4.78 is 5.02.